The van der Waals surface area contributed by atoms with E-state index in [2.05, 4.69) is 12.2 Å². The molecule has 0 saturated carbocycles. The van der Waals surface area contributed by atoms with Crippen molar-refractivity contribution < 1.29 is 4.79 Å². The van der Waals surface area contributed by atoms with E-state index in [1.165, 1.54) is 18.6 Å². The van der Waals surface area contributed by atoms with Gasteiger partial charge in [-0.3, -0.25) is 4.79 Å². The highest BCUT2D eigenvalue weighted by atomic mass is 32.2. The number of nitrogen functional groups attached to an aromatic ring is 1. The minimum absolute atomic E-state index is 0.0286. The van der Waals surface area contributed by atoms with Crippen LogP contribution in [0.25, 0.3) is 0 Å². The molecule has 1 aliphatic rings. The molecule has 0 bridgehead atoms. The Morgan fingerprint density at radius 2 is 2.37 bits per heavy atom. The molecule has 0 spiro atoms. The van der Waals surface area contributed by atoms with Crippen molar-refractivity contribution in [3.63, 3.8) is 0 Å². The number of thioether (sulfide) groups is 1. The summed E-state index contributed by atoms with van der Waals surface area (Å²) >= 11 is 1.95. The maximum atomic E-state index is 12.3. The van der Waals surface area contributed by atoms with Gasteiger partial charge in [0.1, 0.15) is 5.69 Å². The van der Waals surface area contributed by atoms with Gasteiger partial charge >= 0.3 is 0 Å². The van der Waals surface area contributed by atoms with E-state index in [9.17, 15) is 4.79 Å². The van der Waals surface area contributed by atoms with Gasteiger partial charge in [-0.15, -0.1) is 0 Å². The molecule has 1 unspecified atom stereocenters. The van der Waals surface area contributed by atoms with Crippen molar-refractivity contribution in [1.29, 1.82) is 0 Å². The molecule has 5 heteroatoms. The lowest BCUT2D eigenvalue weighted by molar-refractivity contribution is 0.0939. The van der Waals surface area contributed by atoms with E-state index >= 15 is 0 Å². The van der Waals surface area contributed by atoms with Crippen molar-refractivity contribution in [3.05, 3.63) is 18.0 Å². The summed E-state index contributed by atoms with van der Waals surface area (Å²) < 4.78 is 2.12. The Balaban J connectivity index is 2.03. The van der Waals surface area contributed by atoms with Crippen molar-refractivity contribution in [2.75, 3.05) is 18.0 Å². The van der Waals surface area contributed by atoms with Gasteiger partial charge in [-0.2, -0.15) is 11.8 Å². The van der Waals surface area contributed by atoms with Crippen LogP contribution < -0.4 is 11.1 Å². The summed E-state index contributed by atoms with van der Waals surface area (Å²) in [4.78, 5) is 12.3. The van der Waals surface area contributed by atoms with Crippen LogP contribution in [-0.4, -0.2) is 27.5 Å². The average molecular weight is 281 g/mol. The van der Waals surface area contributed by atoms with Gasteiger partial charge in [0.25, 0.3) is 5.91 Å². The molecule has 4 nitrogen and oxygen atoms in total. The molecule has 1 aromatic heterocycles. The Bertz CT molecular complexity index is 461. The molecule has 1 fully saturated rings. The quantitative estimate of drug-likeness (QED) is 0.892. The maximum absolute atomic E-state index is 12.3. The number of nitrogens with two attached hydrogens (primary N) is 1. The second kappa shape index (κ2) is 5.49. The van der Waals surface area contributed by atoms with E-state index in [-0.39, 0.29) is 16.7 Å². The van der Waals surface area contributed by atoms with Crippen molar-refractivity contribution >= 4 is 23.4 Å². The van der Waals surface area contributed by atoms with Crippen molar-refractivity contribution in [3.8, 4) is 0 Å². The van der Waals surface area contributed by atoms with Gasteiger partial charge < -0.3 is 15.6 Å². The largest absolute Gasteiger partial charge is 0.397 e. The number of anilines is 1. The minimum Gasteiger partial charge on any atom is -0.397 e. The summed E-state index contributed by atoms with van der Waals surface area (Å²) in [6.45, 7) is 7.04. The van der Waals surface area contributed by atoms with Gasteiger partial charge in [0.15, 0.2) is 0 Å². The Kier molecular flexibility index (Phi) is 4.13. The molecule has 1 atom stereocenters. The molecule has 1 amide bonds. The van der Waals surface area contributed by atoms with Gasteiger partial charge in [-0.25, -0.2) is 0 Å². The lowest BCUT2D eigenvalue weighted by Gasteiger charge is -2.23. The fourth-order valence-electron chi connectivity index (χ4n) is 2.44. The van der Waals surface area contributed by atoms with Crippen LogP contribution in [0.2, 0.25) is 0 Å². The third-order valence-corrected chi connectivity index (χ3v) is 5.12. The Morgan fingerprint density at radius 3 is 2.95 bits per heavy atom. The summed E-state index contributed by atoms with van der Waals surface area (Å²) in [5.41, 5.74) is 7.09. The first-order chi connectivity index (χ1) is 8.91. The van der Waals surface area contributed by atoms with Crippen molar-refractivity contribution in [1.82, 2.24) is 9.88 Å². The molecule has 19 heavy (non-hydrogen) atoms. The van der Waals surface area contributed by atoms with Gasteiger partial charge in [-0.1, -0.05) is 0 Å². The third kappa shape index (κ3) is 3.26. The van der Waals surface area contributed by atoms with E-state index in [0.717, 1.165) is 6.54 Å². The highest BCUT2D eigenvalue weighted by Crippen LogP contribution is 2.37. The summed E-state index contributed by atoms with van der Waals surface area (Å²) in [5.74, 6) is 1.17. The van der Waals surface area contributed by atoms with E-state index in [1.807, 2.05) is 36.4 Å². The number of aromatic nitrogens is 1. The number of carbonyl (C=O) groups excluding carboxylic acids is 1. The summed E-state index contributed by atoms with van der Waals surface area (Å²) in [6.07, 6.45) is 4.24. The number of amides is 1. The zero-order chi connectivity index (χ0) is 14.0. The standard InChI is InChI=1S/C14H23N3OS/c1-10(2)17-8-11(15)7-12(17)13(18)16-9-14(3)5-4-6-19-14/h7-8,10H,4-6,9,15H2,1-3H3,(H,16,18). The Morgan fingerprint density at radius 1 is 1.63 bits per heavy atom. The van der Waals surface area contributed by atoms with Crippen LogP contribution in [-0.2, 0) is 0 Å². The predicted octanol–water partition coefficient (Wildman–Crippen LogP) is 2.67. The maximum Gasteiger partial charge on any atom is 0.268 e. The molecule has 0 radical (unpaired) electrons. The second-order valence-electron chi connectivity index (χ2n) is 5.74. The number of rotatable bonds is 4. The molecule has 106 valence electrons. The van der Waals surface area contributed by atoms with Crippen LogP contribution in [0, 0.1) is 0 Å². The second-order valence-corrected chi connectivity index (χ2v) is 7.43. The van der Waals surface area contributed by atoms with Gasteiger partial charge in [-0.05, 0) is 45.4 Å². The lowest BCUT2D eigenvalue weighted by Crippen LogP contribution is -2.37. The molecule has 1 aliphatic heterocycles. The molecule has 1 aromatic rings. The molecule has 2 heterocycles. The number of hydrogen-bond acceptors (Lipinski definition) is 3. The molecular formula is C14H23N3OS. The summed E-state index contributed by atoms with van der Waals surface area (Å²) in [5, 5.41) is 3.05. The summed E-state index contributed by atoms with van der Waals surface area (Å²) in [7, 11) is 0. The van der Waals surface area contributed by atoms with Crippen LogP contribution in [0.15, 0.2) is 12.3 Å². The van der Waals surface area contributed by atoms with E-state index < -0.39 is 0 Å². The topological polar surface area (TPSA) is 60.0 Å². The molecule has 3 N–H and O–H groups in total. The van der Waals surface area contributed by atoms with Gasteiger partial charge in [0.05, 0.1) is 5.69 Å². The molecule has 1 saturated heterocycles. The lowest BCUT2D eigenvalue weighted by atomic mass is 10.1. The van der Waals surface area contributed by atoms with Crippen LogP contribution in [0.1, 0.15) is 50.1 Å². The Hall–Kier alpha value is -1.10. The first-order valence-electron chi connectivity index (χ1n) is 6.81. The zero-order valence-corrected chi connectivity index (χ0v) is 12.7. The molecule has 0 aromatic carbocycles. The number of carbonyl (C=O) groups is 1. The number of nitrogens with one attached hydrogen (secondary N) is 1. The first kappa shape index (κ1) is 14.3. The monoisotopic (exact) mass is 281 g/mol. The van der Waals surface area contributed by atoms with Crippen LogP contribution in [0.3, 0.4) is 0 Å². The van der Waals surface area contributed by atoms with Crippen LogP contribution >= 0.6 is 11.8 Å². The minimum atomic E-state index is -0.0286. The SMILES string of the molecule is CC(C)n1cc(N)cc1C(=O)NCC1(C)CCCS1. The smallest absolute Gasteiger partial charge is 0.268 e. The summed E-state index contributed by atoms with van der Waals surface area (Å²) in [6, 6.07) is 1.98. The average Bonchev–Trinajstić information content (AvgIpc) is 2.93. The van der Waals surface area contributed by atoms with Crippen LogP contribution in [0.4, 0.5) is 5.69 Å². The van der Waals surface area contributed by atoms with Crippen LogP contribution in [0.5, 0.6) is 0 Å². The highest BCUT2D eigenvalue weighted by Gasteiger charge is 2.30. The van der Waals surface area contributed by atoms with E-state index in [1.54, 1.807) is 6.07 Å². The Labute approximate surface area is 119 Å². The normalized spacial score (nSPS) is 22.9. The highest BCUT2D eigenvalue weighted by molar-refractivity contribution is 8.00. The van der Waals surface area contributed by atoms with Gasteiger partial charge in [0.2, 0.25) is 0 Å². The predicted molar refractivity (Wildman–Crippen MR) is 81.7 cm³/mol. The molecule has 0 aliphatic carbocycles. The first-order valence-corrected chi connectivity index (χ1v) is 7.79. The van der Waals surface area contributed by atoms with E-state index in [0.29, 0.717) is 11.4 Å². The molecular weight excluding hydrogens is 258 g/mol. The number of nitrogens with zero attached hydrogens (tertiary/aromatic N) is 1. The zero-order valence-electron chi connectivity index (χ0n) is 11.9. The third-order valence-electron chi connectivity index (χ3n) is 3.58. The van der Waals surface area contributed by atoms with E-state index in [4.69, 9.17) is 5.73 Å². The fraction of sp³-hybridized carbons (Fsp3) is 0.643. The molecule has 2 rings (SSSR count). The van der Waals surface area contributed by atoms with Crippen molar-refractivity contribution in [2.45, 2.75) is 44.4 Å². The van der Waals surface area contributed by atoms with Gasteiger partial charge in [0, 0.05) is 23.5 Å². The number of hydrogen-bond donors (Lipinski definition) is 2. The van der Waals surface area contributed by atoms with Crippen molar-refractivity contribution in [2.24, 2.45) is 0 Å². The fourth-order valence-corrected chi connectivity index (χ4v) is 3.69.